The van der Waals surface area contributed by atoms with Gasteiger partial charge in [0.2, 0.25) is 0 Å². The van der Waals surface area contributed by atoms with Gasteiger partial charge in [-0.05, 0) is 18.4 Å². The molecule has 0 unspecified atom stereocenters. The van der Waals surface area contributed by atoms with Gasteiger partial charge in [0.05, 0.1) is 6.10 Å². The maximum Gasteiger partial charge on any atom is 0.0759 e. The monoisotopic (exact) mass is 174 g/mol. The van der Waals surface area contributed by atoms with Crippen molar-refractivity contribution in [1.82, 2.24) is 0 Å². The predicted molar refractivity (Wildman–Crippen MR) is 54.5 cm³/mol. The van der Waals surface area contributed by atoms with Gasteiger partial charge < -0.3 is 4.74 Å². The molecule has 0 saturated carbocycles. The van der Waals surface area contributed by atoms with Gasteiger partial charge in [-0.15, -0.1) is 0 Å². The highest BCUT2D eigenvalue weighted by atomic mass is 16.5. The van der Waals surface area contributed by atoms with Crippen molar-refractivity contribution in [3.05, 3.63) is 42.0 Å². The molecule has 68 valence electrons. The molecule has 0 aliphatic carbocycles. The molecule has 1 saturated heterocycles. The largest absolute Gasteiger partial charge is 0.374 e. The van der Waals surface area contributed by atoms with Gasteiger partial charge in [-0.25, -0.2) is 0 Å². The highest BCUT2D eigenvalue weighted by molar-refractivity contribution is 5.49. The normalized spacial score (nSPS) is 22.6. The van der Waals surface area contributed by atoms with Gasteiger partial charge in [0.1, 0.15) is 0 Å². The molecule has 1 nitrogen and oxygen atoms in total. The van der Waals surface area contributed by atoms with Gasteiger partial charge in [0, 0.05) is 6.61 Å². The van der Waals surface area contributed by atoms with Crippen LogP contribution in [0.25, 0.3) is 6.08 Å². The van der Waals surface area contributed by atoms with E-state index in [-0.39, 0.29) is 0 Å². The molecule has 1 heterocycles. The molecule has 1 aromatic carbocycles. The zero-order chi connectivity index (χ0) is 8.93. The highest BCUT2D eigenvalue weighted by Crippen LogP contribution is 2.14. The van der Waals surface area contributed by atoms with Crippen LogP contribution >= 0.6 is 0 Å². The molecule has 13 heavy (non-hydrogen) atoms. The van der Waals surface area contributed by atoms with Crippen molar-refractivity contribution in [2.75, 3.05) is 6.61 Å². The van der Waals surface area contributed by atoms with E-state index >= 15 is 0 Å². The first-order valence-corrected chi connectivity index (χ1v) is 4.80. The van der Waals surface area contributed by atoms with Crippen LogP contribution in [0, 0.1) is 0 Å². The summed E-state index contributed by atoms with van der Waals surface area (Å²) in [4.78, 5) is 0. The van der Waals surface area contributed by atoms with Crippen molar-refractivity contribution in [2.24, 2.45) is 0 Å². The number of hydrogen-bond acceptors (Lipinski definition) is 1. The molecule has 1 aliphatic heterocycles. The van der Waals surface area contributed by atoms with Gasteiger partial charge >= 0.3 is 0 Å². The van der Waals surface area contributed by atoms with Crippen LogP contribution in [0.1, 0.15) is 18.4 Å². The van der Waals surface area contributed by atoms with Crippen LogP contribution in [0.15, 0.2) is 36.4 Å². The minimum atomic E-state index is 0.347. The van der Waals surface area contributed by atoms with E-state index in [1.54, 1.807) is 0 Å². The third kappa shape index (κ3) is 2.43. The molecule has 0 spiro atoms. The van der Waals surface area contributed by atoms with Crippen molar-refractivity contribution in [3.63, 3.8) is 0 Å². The van der Waals surface area contributed by atoms with E-state index in [1.807, 2.05) is 6.07 Å². The van der Waals surface area contributed by atoms with Crippen LogP contribution in [0.3, 0.4) is 0 Å². The smallest absolute Gasteiger partial charge is 0.0759 e. The van der Waals surface area contributed by atoms with Crippen molar-refractivity contribution < 1.29 is 4.74 Å². The Balaban J connectivity index is 1.97. The second kappa shape index (κ2) is 4.24. The summed E-state index contributed by atoms with van der Waals surface area (Å²) in [6.45, 7) is 0.920. The topological polar surface area (TPSA) is 9.23 Å². The Kier molecular flexibility index (Phi) is 2.78. The summed E-state index contributed by atoms with van der Waals surface area (Å²) in [5, 5.41) is 0. The van der Waals surface area contributed by atoms with Gasteiger partial charge in [-0.1, -0.05) is 42.5 Å². The molecule has 1 atom stereocenters. The Labute approximate surface area is 79.0 Å². The third-order valence-corrected chi connectivity index (χ3v) is 2.27. The highest BCUT2D eigenvalue weighted by Gasteiger charge is 2.10. The molecule has 0 radical (unpaired) electrons. The molecule has 0 N–H and O–H groups in total. The fourth-order valence-corrected chi connectivity index (χ4v) is 1.54. The van der Waals surface area contributed by atoms with Crippen LogP contribution in [0.5, 0.6) is 0 Å². The average Bonchev–Trinajstić information content (AvgIpc) is 2.69. The Morgan fingerprint density at radius 1 is 1.23 bits per heavy atom. The molecule has 1 heteroatoms. The SMILES string of the molecule is C(=C\[C@H]1CCCO1)/c1ccccc1. The standard InChI is InChI=1S/C12H14O/c1-2-5-11(6-3-1)8-9-12-7-4-10-13-12/h1-3,5-6,8-9,12H,4,7,10H2/b9-8+/t12-/m1/s1. The molecule has 0 amide bonds. The second-order valence-corrected chi connectivity index (χ2v) is 3.32. The summed E-state index contributed by atoms with van der Waals surface area (Å²) in [5.74, 6) is 0. The van der Waals surface area contributed by atoms with Crippen LogP contribution in [0.4, 0.5) is 0 Å². The minimum absolute atomic E-state index is 0.347. The number of ether oxygens (including phenoxy) is 1. The summed E-state index contributed by atoms with van der Waals surface area (Å²) >= 11 is 0. The first-order chi connectivity index (χ1) is 6.45. The minimum Gasteiger partial charge on any atom is -0.374 e. The average molecular weight is 174 g/mol. The van der Waals surface area contributed by atoms with E-state index in [4.69, 9.17) is 4.74 Å². The Morgan fingerprint density at radius 2 is 2.08 bits per heavy atom. The van der Waals surface area contributed by atoms with E-state index in [9.17, 15) is 0 Å². The molecule has 0 bridgehead atoms. The van der Waals surface area contributed by atoms with E-state index in [1.165, 1.54) is 18.4 Å². The van der Waals surface area contributed by atoms with E-state index in [0.717, 1.165) is 6.61 Å². The second-order valence-electron chi connectivity index (χ2n) is 3.32. The van der Waals surface area contributed by atoms with E-state index in [0.29, 0.717) is 6.10 Å². The van der Waals surface area contributed by atoms with Gasteiger partial charge in [0.15, 0.2) is 0 Å². The zero-order valence-electron chi connectivity index (χ0n) is 7.65. The molecule has 2 rings (SSSR count). The van der Waals surface area contributed by atoms with Gasteiger partial charge in [0.25, 0.3) is 0 Å². The maximum atomic E-state index is 5.49. The first-order valence-electron chi connectivity index (χ1n) is 4.80. The van der Waals surface area contributed by atoms with Crippen molar-refractivity contribution in [2.45, 2.75) is 18.9 Å². The molecule has 1 aromatic rings. The Morgan fingerprint density at radius 3 is 2.77 bits per heavy atom. The van der Waals surface area contributed by atoms with Crippen molar-refractivity contribution in [3.8, 4) is 0 Å². The number of rotatable bonds is 2. The van der Waals surface area contributed by atoms with Crippen LogP contribution in [-0.2, 0) is 4.74 Å². The summed E-state index contributed by atoms with van der Waals surface area (Å²) < 4.78 is 5.49. The number of hydrogen-bond donors (Lipinski definition) is 0. The molecule has 0 aromatic heterocycles. The third-order valence-electron chi connectivity index (χ3n) is 2.27. The summed E-state index contributed by atoms with van der Waals surface area (Å²) in [5.41, 5.74) is 1.25. The maximum absolute atomic E-state index is 5.49. The summed E-state index contributed by atoms with van der Waals surface area (Å²) in [6, 6.07) is 10.3. The molecule has 1 aliphatic rings. The fourth-order valence-electron chi connectivity index (χ4n) is 1.54. The van der Waals surface area contributed by atoms with Crippen molar-refractivity contribution >= 4 is 6.08 Å². The quantitative estimate of drug-likeness (QED) is 0.670. The lowest BCUT2D eigenvalue weighted by molar-refractivity contribution is 0.146. The van der Waals surface area contributed by atoms with Crippen LogP contribution < -0.4 is 0 Å². The Bertz CT molecular complexity index is 270. The number of benzene rings is 1. The van der Waals surface area contributed by atoms with Gasteiger partial charge in [-0.3, -0.25) is 0 Å². The van der Waals surface area contributed by atoms with E-state index < -0.39 is 0 Å². The lowest BCUT2D eigenvalue weighted by atomic mass is 10.1. The van der Waals surface area contributed by atoms with E-state index in [2.05, 4.69) is 36.4 Å². The van der Waals surface area contributed by atoms with Crippen molar-refractivity contribution in [1.29, 1.82) is 0 Å². The fraction of sp³-hybridized carbons (Fsp3) is 0.333. The van der Waals surface area contributed by atoms with Crippen LogP contribution in [-0.4, -0.2) is 12.7 Å². The molecular formula is C12H14O. The lowest BCUT2D eigenvalue weighted by Gasteiger charge is -2.00. The molecule has 1 fully saturated rings. The molecular weight excluding hydrogens is 160 g/mol. The van der Waals surface area contributed by atoms with Crippen LogP contribution in [0.2, 0.25) is 0 Å². The summed E-state index contributed by atoms with van der Waals surface area (Å²) in [7, 11) is 0. The summed E-state index contributed by atoms with van der Waals surface area (Å²) in [6.07, 6.45) is 7.01. The lowest BCUT2D eigenvalue weighted by Crippen LogP contribution is -1.98. The Hall–Kier alpha value is -1.08. The first kappa shape index (κ1) is 8.52. The zero-order valence-corrected chi connectivity index (χ0v) is 7.65. The predicted octanol–water partition coefficient (Wildman–Crippen LogP) is 2.88. The van der Waals surface area contributed by atoms with Gasteiger partial charge in [-0.2, -0.15) is 0 Å².